The summed E-state index contributed by atoms with van der Waals surface area (Å²) < 4.78 is 40.6. The fraction of sp³-hybridized carbons (Fsp3) is 0.500. The maximum atomic E-state index is 12.3. The number of aliphatic hydroxyl groups excluding tert-OH is 1. The zero-order valence-electron chi connectivity index (χ0n) is 12.1. The van der Waals surface area contributed by atoms with Crippen molar-refractivity contribution in [2.45, 2.75) is 31.7 Å². The molecule has 0 aromatic heterocycles. The number of halogens is 4. The third-order valence-electron chi connectivity index (χ3n) is 3.52. The molecule has 5 nitrogen and oxygen atoms in total. The molecular formula is C14H16BrF3N2O3. The number of urea groups is 1. The van der Waals surface area contributed by atoms with E-state index in [1.54, 1.807) is 4.90 Å². The second-order valence-electron chi connectivity index (χ2n) is 5.12. The second-order valence-corrected chi connectivity index (χ2v) is 5.98. The van der Waals surface area contributed by atoms with Gasteiger partial charge in [-0.25, -0.2) is 4.79 Å². The summed E-state index contributed by atoms with van der Waals surface area (Å²) in [6.45, 7) is 0.588. The summed E-state index contributed by atoms with van der Waals surface area (Å²) in [6.07, 6.45) is -2.57. The van der Waals surface area contributed by atoms with Crippen LogP contribution in [0, 0.1) is 0 Å². The lowest BCUT2D eigenvalue weighted by molar-refractivity contribution is -0.274. The molecule has 1 saturated heterocycles. The van der Waals surface area contributed by atoms with Crippen molar-refractivity contribution in [1.82, 2.24) is 4.90 Å². The summed E-state index contributed by atoms with van der Waals surface area (Å²) in [5.41, 5.74) is 0.346. The third-order valence-corrected chi connectivity index (χ3v) is 4.17. The number of hydrogen-bond donors (Lipinski definition) is 2. The molecule has 128 valence electrons. The number of carbonyl (C=O) groups is 1. The molecule has 1 heterocycles. The molecule has 1 aliphatic rings. The number of carbonyl (C=O) groups excluding carboxylic acids is 1. The quantitative estimate of drug-likeness (QED) is 0.814. The van der Waals surface area contributed by atoms with Crippen molar-refractivity contribution < 1.29 is 27.8 Å². The zero-order valence-corrected chi connectivity index (χ0v) is 13.7. The zero-order chi connectivity index (χ0) is 17.0. The smallest absolute Gasteiger partial charge is 0.406 e. The summed E-state index contributed by atoms with van der Waals surface area (Å²) in [7, 11) is 0. The first-order chi connectivity index (χ1) is 10.8. The molecule has 1 atom stereocenters. The van der Waals surface area contributed by atoms with Crippen molar-refractivity contribution in [3.63, 3.8) is 0 Å². The van der Waals surface area contributed by atoms with Crippen LogP contribution in [0.4, 0.5) is 23.7 Å². The maximum absolute atomic E-state index is 12.3. The number of hydrogen-bond acceptors (Lipinski definition) is 3. The molecule has 1 aromatic carbocycles. The normalized spacial score (nSPS) is 18.1. The maximum Gasteiger partial charge on any atom is 0.573 e. The van der Waals surface area contributed by atoms with E-state index in [9.17, 15) is 18.0 Å². The Bertz CT molecular complexity index is 569. The van der Waals surface area contributed by atoms with Crippen LogP contribution < -0.4 is 10.1 Å². The summed E-state index contributed by atoms with van der Waals surface area (Å²) >= 11 is 3.12. The summed E-state index contributed by atoms with van der Waals surface area (Å²) in [6, 6.07) is 3.24. The molecule has 1 unspecified atom stereocenters. The number of amides is 2. The molecule has 0 aliphatic carbocycles. The Morgan fingerprint density at radius 2 is 2.22 bits per heavy atom. The van der Waals surface area contributed by atoms with Gasteiger partial charge in [0.1, 0.15) is 5.75 Å². The van der Waals surface area contributed by atoms with Gasteiger partial charge >= 0.3 is 12.4 Å². The predicted octanol–water partition coefficient (Wildman–Crippen LogP) is 3.73. The molecule has 1 aromatic rings. The van der Waals surface area contributed by atoms with Gasteiger partial charge in [0, 0.05) is 23.7 Å². The van der Waals surface area contributed by atoms with E-state index < -0.39 is 6.36 Å². The van der Waals surface area contributed by atoms with Crippen molar-refractivity contribution in [3.8, 4) is 5.75 Å². The average Bonchev–Trinajstić information content (AvgIpc) is 2.89. The Morgan fingerprint density at radius 1 is 1.48 bits per heavy atom. The van der Waals surface area contributed by atoms with E-state index in [4.69, 9.17) is 5.11 Å². The molecule has 2 amide bonds. The van der Waals surface area contributed by atoms with Crippen LogP contribution in [0.25, 0.3) is 0 Å². The molecule has 0 saturated carbocycles. The number of aliphatic hydroxyl groups is 1. The van der Waals surface area contributed by atoms with Crippen molar-refractivity contribution >= 4 is 27.6 Å². The van der Waals surface area contributed by atoms with Gasteiger partial charge < -0.3 is 20.1 Å². The number of likely N-dealkylation sites (tertiary alicyclic amines) is 1. The van der Waals surface area contributed by atoms with E-state index in [0.717, 1.165) is 25.0 Å². The van der Waals surface area contributed by atoms with Crippen molar-refractivity contribution in [3.05, 3.63) is 22.7 Å². The molecule has 23 heavy (non-hydrogen) atoms. The first kappa shape index (κ1) is 17.9. The van der Waals surface area contributed by atoms with Crippen LogP contribution in [0.3, 0.4) is 0 Å². The standard InChI is InChI=1S/C14H16BrF3N2O3/c15-11-8-10(23-14(16,17)18)3-4-12(11)19-13(22)20-6-1-2-9(20)5-7-21/h3-4,8-9,21H,1-2,5-7H2,(H,19,22). The van der Waals surface area contributed by atoms with E-state index in [1.807, 2.05) is 0 Å². The van der Waals surface area contributed by atoms with Crippen LogP contribution in [-0.4, -0.2) is 41.6 Å². The van der Waals surface area contributed by atoms with E-state index >= 15 is 0 Å². The number of nitrogens with zero attached hydrogens (tertiary/aromatic N) is 1. The highest BCUT2D eigenvalue weighted by atomic mass is 79.9. The number of alkyl halides is 3. The van der Waals surface area contributed by atoms with E-state index in [0.29, 0.717) is 18.7 Å². The lowest BCUT2D eigenvalue weighted by Gasteiger charge is -2.24. The minimum absolute atomic E-state index is 0.00161. The topological polar surface area (TPSA) is 61.8 Å². The lowest BCUT2D eigenvalue weighted by Crippen LogP contribution is -2.39. The van der Waals surface area contributed by atoms with Crippen molar-refractivity contribution in [1.29, 1.82) is 0 Å². The first-order valence-corrected chi connectivity index (χ1v) is 7.83. The van der Waals surface area contributed by atoms with Crippen LogP contribution in [0.15, 0.2) is 22.7 Å². The fourth-order valence-corrected chi connectivity index (χ4v) is 2.99. The van der Waals surface area contributed by atoms with Gasteiger partial charge in [-0.1, -0.05) is 0 Å². The lowest BCUT2D eigenvalue weighted by atomic mass is 10.1. The molecule has 0 bridgehead atoms. The highest BCUT2D eigenvalue weighted by Crippen LogP contribution is 2.31. The molecular weight excluding hydrogens is 381 g/mol. The Balaban J connectivity index is 2.03. The van der Waals surface area contributed by atoms with Crippen LogP contribution in [0.5, 0.6) is 5.75 Å². The van der Waals surface area contributed by atoms with Gasteiger partial charge in [0.15, 0.2) is 0 Å². The van der Waals surface area contributed by atoms with Gasteiger partial charge in [0.05, 0.1) is 5.69 Å². The minimum atomic E-state index is -4.77. The Hall–Kier alpha value is -1.48. The molecule has 1 aliphatic heterocycles. The van der Waals surface area contributed by atoms with Gasteiger partial charge in [0.25, 0.3) is 0 Å². The van der Waals surface area contributed by atoms with E-state index in [1.165, 1.54) is 6.07 Å². The molecule has 0 radical (unpaired) electrons. The molecule has 1 fully saturated rings. The largest absolute Gasteiger partial charge is 0.573 e. The number of nitrogens with one attached hydrogen (secondary N) is 1. The number of rotatable bonds is 4. The molecule has 2 N–H and O–H groups in total. The minimum Gasteiger partial charge on any atom is -0.406 e. The molecule has 0 spiro atoms. The van der Waals surface area contributed by atoms with Crippen LogP contribution in [0.2, 0.25) is 0 Å². The first-order valence-electron chi connectivity index (χ1n) is 7.04. The van der Waals surface area contributed by atoms with Crippen LogP contribution in [0.1, 0.15) is 19.3 Å². The molecule has 2 rings (SSSR count). The van der Waals surface area contributed by atoms with Crippen molar-refractivity contribution in [2.75, 3.05) is 18.5 Å². The van der Waals surface area contributed by atoms with Gasteiger partial charge in [0.2, 0.25) is 0 Å². The van der Waals surface area contributed by atoms with Crippen LogP contribution in [-0.2, 0) is 0 Å². The summed E-state index contributed by atoms with van der Waals surface area (Å²) in [4.78, 5) is 13.9. The van der Waals surface area contributed by atoms with Crippen molar-refractivity contribution in [2.24, 2.45) is 0 Å². The Morgan fingerprint density at radius 3 is 2.83 bits per heavy atom. The van der Waals surface area contributed by atoms with Gasteiger partial charge in [-0.2, -0.15) is 0 Å². The Labute approximate surface area is 139 Å². The number of ether oxygens (including phenoxy) is 1. The highest BCUT2D eigenvalue weighted by molar-refractivity contribution is 9.10. The van der Waals surface area contributed by atoms with Crippen LogP contribution >= 0.6 is 15.9 Å². The average molecular weight is 397 g/mol. The number of benzene rings is 1. The van der Waals surface area contributed by atoms with E-state index in [-0.39, 0.29) is 28.9 Å². The van der Waals surface area contributed by atoms with E-state index in [2.05, 4.69) is 26.0 Å². The van der Waals surface area contributed by atoms with Gasteiger partial charge in [-0.15, -0.1) is 13.2 Å². The predicted molar refractivity (Wildman–Crippen MR) is 81.3 cm³/mol. The van der Waals surface area contributed by atoms with Gasteiger partial charge in [-0.3, -0.25) is 0 Å². The Kier molecular flexibility index (Phi) is 5.74. The summed E-state index contributed by atoms with van der Waals surface area (Å²) in [5, 5.41) is 11.7. The second kappa shape index (κ2) is 7.39. The SMILES string of the molecule is O=C(Nc1ccc(OC(F)(F)F)cc1Br)N1CCCC1CCO. The number of anilines is 1. The summed E-state index contributed by atoms with van der Waals surface area (Å²) in [5.74, 6) is -0.373. The van der Waals surface area contributed by atoms with Gasteiger partial charge in [-0.05, 0) is 53.4 Å². The fourth-order valence-electron chi connectivity index (χ4n) is 2.53. The highest BCUT2D eigenvalue weighted by Gasteiger charge is 2.31. The monoisotopic (exact) mass is 396 g/mol. The molecule has 9 heteroatoms. The third kappa shape index (κ3) is 5.00.